The van der Waals surface area contributed by atoms with E-state index in [0.29, 0.717) is 18.9 Å². The lowest BCUT2D eigenvalue weighted by atomic mass is 9.87. The van der Waals surface area contributed by atoms with Crippen LogP contribution in [0.4, 0.5) is 0 Å². The molecule has 0 aromatic heterocycles. The van der Waals surface area contributed by atoms with Crippen LogP contribution in [-0.2, 0) is 9.32 Å². The Morgan fingerprint density at radius 2 is 1.77 bits per heavy atom. The van der Waals surface area contributed by atoms with Crippen molar-refractivity contribution < 1.29 is 14.2 Å². The predicted octanol–water partition coefficient (Wildman–Crippen LogP) is 7.61. The summed E-state index contributed by atoms with van der Waals surface area (Å²) >= 11 is 0. The first kappa shape index (κ1) is 29.3. The zero-order valence-electron chi connectivity index (χ0n) is 22.0. The summed E-state index contributed by atoms with van der Waals surface area (Å²) < 4.78 is 7.07. The van der Waals surface area contributed by atoms with Gasteiger partial charge in [0.05, 0.1) is 6.61 Å². The molecule has 0 saturated carbocycles. The monoisotopic (exact) mass is 500 g/mol. The van der Waals surface area contributed by atoms with Crippen LogP contribution in [-0.4, -0.2) is 28.6 Å². The maximum atomic E-state index is 12.4. The molecular formula is C29H45N2O3P. The number of hydrogen-bond donors (Lipinski definition) is 2. The normalized spacial score (nSPS) is 17.7. The van der Waals surface area contributed by atoms with Crippen molar-refractivity contribution in [3.8, 4) is 0 Å². The lowest BCUT2D eigenvalue weighted by Gasteiger charge is -2.20. The first-order valence-corrected chi connectivity index (χ1v) is 14.5. The number of carbonyl (C=O) groups is 1. The molecule has 3 aliphatic carbocycles. The van der Waals surface area contributed by atoms with Gasteiger partial charge < -0.3 is 14.7 Å². The molecule has 2 N–H and O–H groups in total. The van der Waals surface area contributed by atoms with E-state index in [0.717, 1.165) is 64.3 Å². The van der Waals surface area contributed by atoms with Crippen molar-refractivity contribution in [2.75, 3.05) is 13.2 Å². The van der Waals surface area contributed by atoms with Gasteiger partial charge in [-0.25, -0.2) is 0 Å². The van der Waals surface area contributed by atoms with E-state index >= 15 is 0 Å². The SMILES string of the molecule is C=CN(/C=C\C)P(O)OCCCCCCNC(=O)CCC1C2=C(CCC=C2)C2=C1C=CCC2.CC. The predicted molar refractivity (Wildman–Crippen MR) is 148 cm³/mol. The van der Waals surface area contributed by atoms with Gasteiger partial charge in [-0.2, -0.15) is 0 Å². The lowest BCUT2D eigenvalue weighted by molar-refractivity contribution is -0.121. The van der Waals surface area contributed by atoms with Crippen molar-refractivity contribution in [2.24, 2.45) is 5.92 Å². The molecule has 194 valence electrons. The zero-order valence-corrected chi connectivity index (χ0v) is 22.9. The van der Waals surface area contributed by atoms with E-state index in [1.165, 1.54) is 11.1 Å². The van der Waals surface area contributed by atoms with Gasteiger partial charge in [-0.15, -0.1) is 0 Å². The van der Waals surface area contributed by atoms with E-state index < -0.39 is 8.53 Å². The molecule has 0 aromatic rings. The summed E-state index contributed by atoms with van der Waals surface area (Å²) in [5.41, 5.74) is 6.08. The Hall–Kier alpha value is -1.94. The lowest BCUT2D eigenvalue weighted by Crippen LogP contribution is -2.25. The third-order valence-electron chi connectivity index (χ3n) is 6.48. The Morgan fingerprint density at radius 1 is 1.14 bits per heavy atom. The van der Waals surface area contributed by atoms with Crippen LogP contribution >= 0.6 is 8.53 Å². The number of nitrogens with zero attached hydrogens (tertiary/aromatic N) is 1. The van der Waals surface area contributed by atoms with E-state index in [1.54, 1.807) is 28.2 Å². The minimum absolute atomic E-state index is 0.161. The van der Waals surface area contributed by atoms with Crippen LogP contribution in [0, 0.1) is 5.92 Å². The number of unbranched alkanes of at least 4 members (excludes halogenated alkanes) is 3. The quantitative estimate of drug-likeness (QED) is 0.190. The Labute approximate surface area is 214 Å². The number of amides is 1. The van der Waals surface area contributed by atoms with Gasteiger partial charge in [-0.05, 0) is 74.2 Å². The van der Waals surface area contributed by atoms with Gasteiger partial charge >= 0.3 is 0 Å². The van der Waals surface area contributed by atoms with Crippen molar-refractivity contribution in [1.82, 2.24) is 9.99 Å². The second-order valence-corrected chi connectivity index (χ2v) is 9.96. The van der Waals surface area contributed by atoms with E-state index in [2.05, 4.69) is 36.2 Å². The highest BCUT2D eigenvalue weighted by Crippen LogP contribution is 2.47. The molecule has 3 aliphatic rings. The van der Waals surface area contributed by atoms with Crippen LogP contribution in [0.1, 0.15) is 85.0 Å². The van der Waals surface area contributed by atoms with Crippen LogP contribution in [0.3, 0.4) is 0 Å². The molecule has 0 fully saturated rings. The first-order chi connectivity index (χ1) is 17.2. The molecule has 3 rings (SSSR count). The minimum Gasteiger partial charge on any atom is -0.356 e. The second kappa shape index (κ2) is 16.7. The molecule has 0 aliphatic heterocycles. The number of carbonyl (C=O) groups excluding carboxylic acids is 1. The number of allylic oxidation sites excluding steroid dienone is 9. The largest absolute Gasteiger partial charge is 0.356 e. The molecule has 0 saturated heterocycles. The van der Waals surface area contributed by atoms with Crippen molar-refractivity contribution in [3.63, 3.8) is 0 Å². The smallest absolute Gasteiger partial charge is 0.290 e. The fourth-order valence-corrected chi connectivity index (χ4v) is 5.69. The van der Waals surface area contributed by atoms with Crippen LogP contribution in [0.2, 0.25) is 0 Å². The minimum atomic E-state index is -1.65. The molecule has 6 heteroatoms. The Balaban J connectivity index is 0.00000210. The Bertz CT molecular complexity index is 803. The van der Waals surface area contributed by atoms with Gasteiger partial charge in [0.1, 0.15) is 0 Å². The van der Waals surface area contributed by atoms with Crippen LogP contribution < -0.4 is 5.32 Å². The van der Waals surface area contributed by atoms with Gasteiger partial charge in [0.25, 0.3) is 8.53 Å². The molecule has 35 heavy (non-hydrogen) atoms. The molecule has 1 unspecified atom stereocenters. The third-order valence-corrected chi connectivity index (χ3v) is 7.58. The summed E-state index contributed by atoms with van der Waals surface area (Å²) in [5, 5.41) is 3.10. The van der Waals surface area contributed by atoms with Crippen molar-refractivity contribution >= 4 is 14.4 Å². The highest BCUT2D eigenvalue weighted by molar-refractivity contribution is 7.43. The van der Waals surface area contributed by atoms with Crippen LogP contribution in [0.25, 0.3) is 0 Å². The van der Waals surface area contributed by atoms with Crippen LogP contribution in [0.5, 0.6) is 0 Å². The molecule has 0 radical (unpaired) electrons. The maximum Gasteiger partial charge on any atom is 0.290 e. The maximum absolute atomic E-state index is 12.4. The summed E-state index contributed by atoms with van der Waals surface area (Å²) in [5.74, 6) is 0.559. The van der Waals surface area contributed by atoms with E-state index in [4.69, 9.17) is 4.52 Å². The summed E-state index contributed by atoms with van der Waals surface area (Å²) in [7, 11) is -1.65. The van der Waals surface area contributed by atoms with E-state index in [9.17, 15) is 9.69 Å². The number of fused-ring (bicyclic) bond motifs is 1. The molecule has 0 heterocycles. The van der Waals surface area contributed by atoms with Gasteiger partial charge in [-0.1, -0.05) is 63.6 Å². The average Bonchev–Trinajstić information content (AvgIpc) is 3.22. The first-order valence-electron chi connectivity index (χ1n) is 13.4. The zero-order chi connectivity index (χ0) is 25.5. The van der Waals surface area contributed by atoms with Gasteiger partial charge in [0.15, 0.2) is 0 Å². The van der Waals surface area contributed by atoms with Gasteiger partial charge in [0.2, 0.25) is 5.91 Å². The summed E-state index contributed by atoms with van der Waals surface area (Å²) in [6.07, 6.45) is 24.4. The summed E-state index contributed by atoms with van der Waals surface area (Å²) in [6.45, 7) is 10.8. The molecule has 0 spiro atoms. The van der Waals surface area contributed by atoms with E-state index in [1.807, 2.05) is 26.8 Å². The summed E-state index contributed by atoms with van der Waals surface area (Å²) in [4.78, 5) is 22.4. The molecule has 0 bridgehead atoms. The fraction of sp³-hybridized carbons (Fsp3) is 0.552. The molecule has 5 nitrogen and oxygen atoms in total. The Kier molecular flexibility index (Phi) is 14.0. The standard InChI is InChI=1S/C27H39N2O3P.C2H6/c1-3-20-29(4-2)33(31)32-21-12-6-5-11-19-28-27(30)18-17-26-24-15-9-7-13-22(24)23-14-8-10-16-25(23)26;1-2/h3-4,9-10,15-16,20,26,31H,2,5-8,11-14,17-19,21H2,1H3,(H,28,30);1-2H3/b20-3-;. The number of hydrogen-bond acceptors (Lipinski definition) is 4. The number of nitrogens with one attached hydrogen (secondary N) is 1. The Morgan fingerprint density at radius 3 is 2.37 bits per heavy atom. The summed E-state index contributed by atoms with van der Waals surface area (Å²) in [6, 6.07) is 0. The fourth-order valence-electron chi connectivity index (χ4n) is 4.87. The molecule has 1 amide bonds. The van der Waals surface area contributed by atoms with Gasteiger partial charge in [-0.3, -0.25) is 9.46 Å². The van der Waals surface area contributed by atoms with Crippen LogP contribution in [0.15, 0.2) is 71.7 Å². The highest BCUT2D eigenvalue weighted by atomic mass is 31.2. The van der Waals surface area contributed by atoms with Gasteiger partial charge in [0, 0.05) is 31.3 Å². The molecule has 0 aromatic carbocycles. The van der Waals surface area contributed by atoms with Crippen molar-refractivity contribution in [3.05, 3.63) is 71.7 Å². The topological polar surface area (TPSA) is 61.8 Å². The second-order valence-electron chi connectivity index (χ2n) is 8.74. The number of rotatable bonds is 14. The molecule has 1 atom stereocenters. The van der Waals surface area contributed by atoms with Crippen molar-refractivity contribution in [1.29, 1.82) is 0 Å². The van der Waals surface area contributed by atoms with Crippen molar-refractivity contribution in [2.45, 2.75) is 85.0 Å². The van der Waals surface area contributed by atoms with E-state index in [-0.39, 0.29) is 5.91 Å². The third kappa shape index (κ3) is 8.90. The highest BCUT2D eigenvalue weighted by Gasteiger charge is 2.32. The average molecular weight is 501 g/mol. The molecular weight excluding hydrogens is 455 g/mol.